The molecule has 2 aromatic rings. The number of hydrogen-bond acceptors (Lipinski definition) is 6. The third kappa shape index (κ3) is 2.98. The van der Waals surface area contributed by atoms with Gasteiger partial charge in [-0.2, -0.15) is 0 Å². The van der Waals surface area contributed by atoms with Crippen LogP contribution in [-0.2, 0) is 15.3 Å². The van der Waals surface area contributed by atoms with Crippen LogP contribution < -0.4 is 4.90 Å². The minimum absolute atomic E-state index is 0.184. The Morgan fingerprint density at radius 3 is 2.71 bits per heavy atom. The molecule has 3 rings (SSSR count). The number of amides is 2. The molecule has 2 heterocycles. The first-order valence-electron chi connectivity index (χ1n) is 6.52. The first-order chi connectivity index (χ1) is 10.1. The molecule has 108 valence electrons. The molecular formula is C14H13N3O2S2. The van der Waals surface area contributed by atoms with Gasteiger partial charge in [-0.1, -0.05) is 60.4 Å². The van der Waals surface area contributed by atoms with E-state index in [1.54, 1.807) is 18.7 Å². The van der Waals surface area contributed by atoms with Crippen molar-refractivity contribution in [2.75, 3.05) is 4.90 Å². The molecule has 1 saturated heterocycles. The van der Waals surface area contributed by atoms with Crippen molar-refractivity contribution in [3.05, 3.63) is 35.9 Å². The number of carbonyl (C=O) groups is 2. The minimum atomic E-state index is -0.262. The monoisotopic (exact) mass is 319 g/mol. The fourth-order valence-electron chi connectivity index (χ4n) is 2.06. The molecule has 0 radical (unpaired) electrons. The highest BCUT2D eigenvalue weighted by atomic mass is 32.2. The maximum Gasteiger partial charge on any atom is 0.239 e. The van der Waals surface area contributed by atoms with Crippen molar-refractivity contribution in [3.8, 4) is 0 Å². The number of benzene rings is 1. The van der Waals surface area contributed by atoms with Crippen LogP contribution in [0.15, 0.2) is 34.7 Å². The average molecular weight is 319 g/mol. The zero-order valence-corrected chi connectivity index (χ0v) is 13.0. The van der Waals surface area contributed by atoms with Crippen LogP contribution in [0.3, 0.4) is 0 Å². The summed E-state index contributed by atoms with van der Waals surface area (Å²) in [6.07, 6.45) is 0.255. The maximum atomic E-state index is 11.9. The Morgan fingerprint density at radius 2 is 2.05 bits per heavy atom. The molecule has 1 aromatic carbocycles. The van der Waals surface area contributed by atoms with Gasteiger partial charge in [0.25, 0.3) is 0 Å². The molecule has 0 N–H and O–H groups in total. The number of thioether (sulfide) groups is 1. The second kappa shape index (κ2) is 5.95. The Kier molecular flexibility index (Phi) is 4.03. The lowest BCUT2D eigenvalue weighted by Gasteiger charge is -2.08. The number of anilines is 1. The van der Waals surface area contributed by atoms with Crippen LogP contribution >= 0.6 is 23.1 Å². The normalized spacial score (nSPS) is 18.5. The van der Waals surface area contributed by atoms with E-state index in [1.807, 2.05) is 30.3 Å². The summed E-state index contributed by atoms with van der Waals surface area (Å²) in [4.78, 5) is 24.9. The van der Waals surface area contributed by atoms with E-state index in [9.17, 15) is 9.59 Å². The molecule has 0 saturated carbocycles. The maximum absolute atomic E-state index is 11.9. The minimum Gasteiger partial charge on any atom is -0.274 e. The number of nitrogens with zero attached hydrogens (tertiary/aromatic N) is 3. The van der Waals surface area contributed by atoms with Crippen molar-refractivity contribution in [1.82, 2.24) is 10.2 Å². The molecule has 0 aliphatic carbocycles. The van der Waals surface area contributed by atoms with Gasteiger partial charge in [-0.3, -0.25) is 9.59 Å². The number of hydrogen-bond donors (Lipinski definition) is 0. The number of aromatic nitrogens is 2. The quantitative estimate of drug-likeness (QED) is 0.492. The van der Waals surface area contributed by atoms with E-state index in [2.05, 4.69) is 10.2 Å². The number of carbonyl (C=O) groups excluding carboxylic acids is 2. The van der Waals surface area contributed by atoms with Gasteiger partial charge in [-0.15, -0.1) is 10.2 Å². The van der Waals surface area contributed by atoms with Crippen molar-refractivity contribution in [1.29, 1.82) is 0 Å². The van der Waals surface area contributed by atoms with Gasteiger partial charge >= 0.3 is 0 Å². The summed E-state index contributed by atoms with van der Waals surface area (Å²) in [7, 11) is 0. The average Bonchev–Trinajstić information content (AvgIpc) is 3.03. The summed E-state index contributed by atoms with van der Waals surface area (Å²) in [6.45, 7) is 1.76. The van der Waals surface area contributed by atoms with Crippen molar-refractivity contribution >= 4 is 40.0 Å². The van der Waals surface area contributed by atoms with E-state index in [0.29, 0.717) is 5.13 Å². The van der Waals surface area contributed by atoms with Gasteiger partial charge in [0.05, 0.1) is 0 Å². The summed E-state index contributed by atoms with van der Waals surface area (Å²) >= 11 is 2.84. The Labute approximate surface area is 130 Å². The lowest BCUT2D eigenvalue weighted by Crippen LogP contribution is -2.29. The van der Waals surface area contributed by atoms with Crippen LogP contribution in [-0.4, -0.2) is 22.0 Å². The molecule has 2 amide bonds. The van der Waals surface area contributed by atoms with Crippen molar-refractivity contribution in [3.63, 3.8) is 0 Å². The molecule has 7 heteroatoms. The largest absolute Gasteiger partial charge is 0.274 e. The van der Waals surface area contributed by atoms with Crippen LogP contribution in [0, 0.1) is 5.92 Å². The first kappa shape index (κ1) is 14.2. The van der Waals surface area contributed by atoms with Gasteiger partial charge in [0.15, 0.2) is 4.34 Å². The zero-order valence-electron chi connectivity index (χ0n) is 11.4. The molecule has 1 aliphatic heterocycles. The molecular weight excluding hydrogens is 306 g/mol. The predicted molar refractivity (Wildman–Crippen MR) is 82.2 cm³/mol. The number of rotatable bonds is 4. The molecule has 0 bridgehead atoms. The summed E-state index contributed by atoms with van der Waals surface area (Å²) in [5.74, 6) is 0.147. The molecule has 1 unspecified atom stereocenters. The molecule has 1 aliphatic rings. The Balaban J connectivity index is 1.69. The lowest BCUT2D eigenvalue weighted by molar-refractivity contribution is -0.122. The van der Waals surface area contributed by atoms with Gasteiger partial charge < -0.3 is 0 Å². The van der Waals surface area contributed by atoms with Crippen molar-refractivity contribution in [2.24, 2.45) is 5.92 Å². The Bertz CT molecular complexity index is 672. The summed E-state index contributed by atoms with van der Waals surface area (Å²) in [6, 6.07) is 10.0. The number of imide groups is 1. The first-order valence-corrected chi connectivity index (χ1v) is 8.32. The summed E-state index contributed by atoms with van der Waals surface area (Å²) < 4.78 is 0.758. The van der Waals surface area contributed by atoms with Crippen molar-refractivity contribution in [2.45, 2.75) is 23.4 Å². The molecule has 1 atom stereocenters. The molecule has 5 nitrogen and oxygen atoms in total. The van der Waals surface area contributed by atoms with E-state index in [1.165, 1.54) is 16.9 Å². The second-order valence-electron chi connectivity index (χ2n) is 4.80. The van der Waals surface area contributed by atoms with Gasteiger partial charge in [-0.05, 0) is 5.56 Å². The van der Waals surface area contributed by atoms with Crippen LogP contribution in [0.2, 0.25) is 0 Å². The smallest absolute Gasteiger partial charge is 0.239 e. The molecule has 21 heavy (non-hydrogen) atoms. The summed E-state index contributed by atoms with van der Waals surface area (Å²) in [5, 5.41) is 8.41. The second-order valence-corrected chi connectivity index (χ2v) is 6.98. The van der Waals surface area contributed by atoms with E-state index < -0.39 is 0 Å². The van der Waals surface area contributed by atoms with Crippen LogP contribution in [0.4, 0.5) is 5.13 Å². The molecule has 1 fully saturated rings. The van der Waals surface area contributed by atoms with Gasteiger partial charge in [-0.25, -0.2) is 4.90 Å². The van der Waals surface area contributed by atoms with E-state index in [-0.39, 0.29) is 24.2 Å². The van der Waals surface area contributed by atoms with E-state index in [0.717, 1.165) is 15.0 Å². The lowest BCUT2D eigenvalue weighted by atomic mass is 10.1. The van der Waals surface area contributed by atoms with Gasteiger partial charge in [0.2, 0.25) is 16.9 Å². The topological polar surface area (TPSA) is 63.2 Å². The highest BCUT2D eigenvalue weighted by Crippen LogP contribution is 2.33. The van der Waals surface area contributed by atoms with Crippen LogP contribution in [0.5, 0.6) is 0 Å². The van der Waals surface area contributed by atoms with E-state index in [4.69, 9.17) is 0 Å². The Hall–Kier alpha value is -1.73. The van der Waals surface area contributed by atoms with Crippen molar-refractivity contribution < 1.29 is 9.59 Å². The molecule has 0 spiro atoms. The highest BCUT2D eigenvalue weighted by Gasteiger charge is 2.38. The van der Waals surface area contributed by atoms with Gasteiger partial charge in [0.1, 0.15) is 0 Å². The van der Waals surface area contributed by atoms with Crippen LogP contribution in [0.25, 0.3) is 0 Å². The third-order valence-corrected chi connectivity index (χ3v) is 5.28. The fraction of sp³-hybridized carbons (Fsp3) is 0.286. The standard InChI is InChI=1S/C14H13N3O2S2/c1-9-7-11(18)17(12(9)19)13-15-16-14(21-13)20-8-10-5-3-2-4-6-10/h2-6,9H,7-8H2,1H3. The zero-order chi connectivity index (χ0) is 14.8. The SMILES string of the molecule is CC1CC(=O)N(c2nnc(SCc3ccccc3)s2)C1=O. The van der Waals surface area contributed by atoms with Crippen LogP contribution in [0.1, 0.15) is 18.9 Å². The molecule has 1 aromatic heterocycles. The third-order valence-electron chi connectivity index (χ3n) is 3.16. The summed E-state index contributed by atoms with van der Waals surface area (Å²) in [5.41, 5.74) is 1.20. The van der Waals surface area contributed by atoms with Gasteiger partial charge in [0, 0.05) is 18.1 Å². The van der Waals surface area contributed by atoms with E-state index >= 15 is 0 Å². The highest BCUT2D eigenvalue weighted by molar-refractivity contribution is 8.00. The fourth-order valence-corrected chi connectivity index (χ4v) is 3.88. The Morgan fingerprint density at radius 1 is 1.29 bits per heavy atom. The predicted octanol–water partition coefficient (Wildman–Crippen LogP) is 2.73.